The van der Waals surface area contributed by atoms with Gasteiger partial charge in [-0.15, -0.1) is 0 Å². The Morgan fingerprint density at radius 1 is 1.00 bits per heavy atom. The number of aromatic amines is 1. The SMILES string of the molecule is COc1cc(OCc2ccccn2)ccc1C=Cc1cc(/C=C/c2ccc(C)o2)[nH]n1. The van der Waals surface area contributed by atoms with Gasteiger partial charge in [-0.3, -0.25) is 10.1 Å². The van der Waals surface area contributed by atoms with E-state index in [-0.39, 0.29) is 0 Å². The summed E-state index contributed by atoms with van der Waals surface area (Å²) in [5, 5.41) is 7.32. The summed E-state index contributed by atoms with van der Waals surface area (Å²) in [5.41, 5.74) is 3.50. The van der Waals surface area contributed by atoms with Crippen molar-refractivity contribution < 1.29 is 13.9 Å². The molecule has 0 unspecified atom stereocenters. The summed E-state index contributed by atoms with van der Waals surface area (Å²) in [4.78, 5) is 4.26. The second kappa shape index (κ2) is 9.63. The number of ether oxygens (including phenoxy) is 2. The van der Waals surface area contributed by atoms with Gasteiger partial charge >= 0.3 is 0 Å². The van der Waals surface area contributed by atoms with Gasteiger partial charge in [-0.05, 0) is 73.7 Å². The van der Waals surface area contributed by atoms with Gasteiger partial charge in [-0.25, -0.2) is 0 Å². The Labute approximate surface area is 180 Å². The lowest BCUT2D eigenvalue weighted by atomic mass is 10.1. The number of benzene rings is 1. The van der Waals surface area contributed by atoms with Crippen molar-refractivity contribution in [1.29, 1.82) is 0 Å². The van der Waals surface area contributed by atoms with E-state index in [1.54, 1.807) is 13.3 Å². The molecule has 0 fully saturated rings. The monoisotopic (exact) mass is 413 g/mol. The van der Waals surface area contributed by atoms with Crippen LogP contribution in [0.4, 0.5) is 0 Å². The minimum atomic E-state index is 0.403. The van der Waals surface area contributed by atoms with Crippen molar-refractivity contribution in [3.8, 4) is 11.5 Å². The number of nitrogens with zero attached hydrogens (tertiary/aromatic N) is 2. The Hall–Kier alpha value is -4.06. The summed E-state index contributed by atoms with van der Waals surface area (Å²) in [6.07, 6.45) is 9.47. The summed E-state index contributed by atoms with van der Waals surface area (Å²) in [5.74, 6) is 3.13. The lowest BCUT2D eigenvalue weighted by Crippen LogP contribution is -1.98. The molecule has 0 saturated heterocycles. The largest absolute Gasteiger partial charge is 0.496 e. The van der Waals surface area contributed by atoms with Crippen LogP contribution in [0.15, 0.2) is 65.2 Å². The van der Waals surface area contributed by atoms with Crippen molar-refractivity contribution in [2.75, 3.05) is 7.11 Å². The predicted octanol–water partition coefficient (Wildman–Crippen LogP) is 5.63. The average molecular weight is 413 g/mol. The highest BCUT2D eigenvalue weighted by Crippen LogP contribution is 2.27. The third-order valence-electron chi connectivity index (χ3n) is 4.56. The number of methoxy groups -OCH3 is 1. The molecule has 0 saturated carbocycles. The lowest BCUT2D eigenvalue weighted by Gasteiger charge is -2.09. The Kier molecular flexibility index (Phi) is 6.28. The summed E-state index contributed by atoms with van der Waals surface area (Å²) in [6, 6.07) is 17.3. The highest BCUT2D eigenvalue weighted by molar-refractivity contribution is 5.73. The van der Waals surface area contributed by atoms with E-state index in [0.29, 0.717) is 6.61 Å². The molecule has 4 aromatic rings. The van der Waals surface area contributed by atoms with Crippen molar-refractivity contribution in [1.82, 2.24) is 15.2 Å². The molecular weight excluding hydrogens is 390 g/mol. The van der Waals surface area contributed by atoms with Crippen molar-refractivity contribution in [3.05, 3.63) is 95.0 Å². The van der Waals surface area contributed by atoms with E-state index >= 15 is 0 Å². The zero-order chi connectivity index (χ0) is 21.5. The second-order valence-corrected chi connectivity index (χ2v) is 6.88. The fraction of sp³-hybridized carbons (Fsp3) is 0.120. The molecule has 0 aliphatic rings. The molecule has 0 atom stereocenters. The molecule has 1 N–H and O–H groups in total. The van der Waals surface area contributed by atoms with Gasteiger partial charge < -0.3 is 13.9 Å². The number of pyridine rings is 1. The van der Waals surface area contributed by atoms with E-state index in [2.05, 4.69) is 15.2 Å². The van der Waals surface area contributed by atoms with Crippen LogP contribution in [0.2, 0.25) is 0 Å². The molecule has 3 aromatic heterocycles. The van der Waals surface area contributed by atoms with E-state index in [9.17, 15) is 0 Å². The van der Waals surface area contributed by atoms with Crippen LogP contribution in [0.3, 0.4) is 0 Å². The molecule has 31 heavy (non-hydrogen) atoms. The van der Waals surface area contributed by atoms with E-state index < -0.39 is 0 Å². The minimum Gasteiger partial charge on any atom is -0.496 e. The highest BCUT2D eigenvalue weighted by atomic mass is 16.5. The smallest absolute Gasteiger partial charge is 0.130 e. The van der Waals surface area contributed by atoms with Gasteiger partial charge in [-0.1, -0.05) is 6.07 Å². The maximum Gasteiger partial charge on any atom is 0.130 e. The molecular formula is C25H23N3O3. The van der Waals surface area contributed by atoms with Crippen LogP contribution in [0, 0.1) is 6.92 Å². The lowest BCUT2D eigenvalue weighted by molar-refractivity contribution is 0.299. The summed E-state index contributed by atoms with van der Waals surface area (Å²) in [6.45, 7) is 2.32. The van der Waals surface area contributed by atoms with E-state index in [1.807, 2.05) is 85.8 Å². The van der Waals surface area contributed by atoms with Crippen LogP contribution in [0.25, 0.3) is 24.3 Å². The maximum absolute atomic E-state index is 5.82. The Balaban J connectivity index is 1.41. The Morgan fingerprint density at radius 2 is 1.94 bits per heavy atom. The van der Waals surface area contributed by atoms with Gasteiger partial charge in [0.2, 0.25) is 0 Å². The van der Waals surface area contributed by atoms with Gasteiger partial charge in [0.15, 0.2) is 0 Å². The molecule has 6 nitrogen and oxygen atoms in total. The molecule has 1 aromatic carbocycles. The van der Waals surface area contributed by atoms with Gasteiger partial charge in [0.05, 0.1) is 24.2 Å². The quantitative estimate of drug-likeness (QED) is 0.405. The number of hydrogen-bond donors (Lipinski definition) is 1. The van der Waals surface area contributed by atoms with Crippen LogP contribution in [0.5, 0.6) is 11.5 Å². The van der Waals surface area contributed by atoms with E-state index in [0.717, 1.165) is 45.7 Å². The van der Waals surface area contributed by atoms with Gasteiger partial charge in [0.1, 0.15) is 29.6 Å². The highest BCUT2D eigenvalue weighted by Gasteiger charge is 2.05. The molecule has 0 aliphatic carbocycles. The first-order valence-electron chi connectivity index (χ1n) is 9.88. The van der Waals surface area contributed by atoms with Crippen LogP contribution in [0.1, 0.15) is 34.2 Å². The van der Waals surface area contributed by atoms with Gasteiger partial charge in [0, 0.05) is 17.8 Å². The topological polar surface area (TPSA) is 73.2 Å². The molecule has 0 bridgehead atoms. The third-order valence-corrected chi connectivity index (χ3v) is 4.56. The molecule has 0 aliphatic heterocycles. The molecule has 156 valence electrons. The molecule has 0 radical (unpaired) electrons. The minimum absolute atomic E-state index is 0.403. The maximum atomic E-state index is 5.82. The zero-order valence-electron chi connectivity index (χ0n) is 17.4. The molecule has 0 spiro atoms. The fourth-order valence-corrected chi connectivity index (χ4v) is 2.97. The normalized spacial score (nSPS) is 11.4. The summed E-state index contributed by atoms with van der Waals surface area (Å²) < 4.78 is 16.9. The number of hydrogen-bond acceptors (Lipinski definition) is 5. The molecule has 6 heteroatoms. The molecule has 0 amide bonds. The number of aromatic nitrogens is 3. The van der Waals surface area contributed by atoms with E-state index in [1.165, 1.54) is 0 Å². The predicted molar refractivity (Wildman–Crippen MR) is 121 cm³/mol. The summed E-state index contributed by atoms with van der Waals surface area (Å²) in [7, 11) is 1.64. The standard InChI is InChI=1S/C25H23N3O3/c1-18-6-11-23(31-18)13-10-21-15-20(27-28-21)9-7-19-8-12-24(16-25(19)29-2)30-17-22-5-3-4-14-26-22/h3-16H,17H2,1-2H3,(H,27,28)/b9-7?,13-10+. The first kappa shape index (κ1) is 20.2. The van der Waals surface area contributed by atoms with Crippen molar-refractivity contribution in [2.45, 2.75) is 13.5 Å². The fourth-order valence-electron chi connectivity index (χ4n) is 2.97. The van der Waals surface area contributed by atoms with Crippen LogP contribution >= 0.6 is 0 Å². The third kappa shape index (κ3) is 5.51. The van der Waals surface area contributed by atoms with Crippen LogP contribution < -0.4 is 9.47 Å². The Morgan fingerprint density at radius 3 is 2.71 bits per heavy atom. The number of aryl methyl sites for hydroxylation is 1. The van der Waals surface area contributed by atoms with Crippen molar-refractivity contribution >= 4 is 24.3 Å². The molecule has 4 rings (SSSR count). The number of H-pyrrole nitrogens is 1. The second-order valence-electron chi connectivity index (χ2n) is 6.88. The Bertz CT molecular complexity index is 1190. The van der Waals surface area contributed by atoms with Crippen LogP contribution in [-0.4, -0.2) is 22.3 Å². The van der Waals surface area contributed by atoms with Crippen LogP contribution in [-0.2, 0) is 6.61 Å². The number of nitrogens with one attached hydrogen (secondary N) is 1. The van der Waals surface area contributed by atoms with E-state index in [4.69, 9.17) is 13.9 Å². The average Bonchev–Trinajstić information content (AvgIpc) is 3.44. The molecule has 3 heterocycles. The number of furan rings is 1. The first-order valence-corrected chi connectivity index (χ1v) is 9.88. The number of rotatable bonds is 8. The van der Waals surface area contributed by atoms with Crippen molar-refractivity contribution in [2.24, 2.45) is 0 Å². The van der Waals surface area contributed by atoms with Crippen molar-refractivity contribution in [3.63, 3.8) is 0 Å². The summed E-state index contributed by atoms with van der Waals surface area (Å²) >= 11 is 0. The first-order chi connectivity index (χ1) is 15.2. The zero-order valence-corrected chi connectivity index (χ0v) is 17.4. The van der Waals surface area contributed by atoms with Gasteiger partial charge in [-0.2, -0.15) is 5.10 Å². The van der Waals surface area contributed by atoms with Gasteiger partial charge in [0.25, 0.3) is 0 Å².